The Hall–Kier alpha value is -3.69. The van der Waals surface area contributed by atoms with Crippen LogP contribution in [0, 0.1) is 19.7 Å². The average molecular weight is 431 g/mol. The Bertz CT molecular complexity index is 1290. The summed E-state index contributed by atoms with van der Waals surface area (Å²) in [6.45, 7) is 3.90. The number of benzene rings is 2. The third kappa shape index (κ3) is 3.88. The van der Waals surface area contributed by atoms with Crippen LogP contribution in [-0.4, -0.2) is 25.9 Å². The van der Waals surface area contributed by atoms with Gasteiger partial charge in [0, 0.05) is 23.1 Å². The molecule has 0 aliphatic rings. The number of halogens is 4. The second-order valence-electron chi connectivity index (χ2n) is 7.11. The zero-order chi connectivity index (χ0) is 22.3. The lowest BCUT2D eigenvalue weighted by molar-refractivity contribution is -0.143. The number of aromatic nitrogens is 4. The maximum absolute atomic E-state index is 13.7. The molecular weight excluding hydrogens is 414 g/mol. The number of hydrogen-bond acceptors (Lipinski definition) is 3. The number of rotatable bonds is 4. The largest absolute Gasteiger partial charge is 0.435 e. The first-order chi connectivity index (χ1) is 14.6. The molecule has 6 nitrogen and oxygen atoms in total. The lowest BCUT2D eigenvalue weighted by Gasteiger charge is -2.11. The molecule has 31 heavy (non-hydrogen) atoms. The van der Waals surface area contributed by atoms with Gasteiger partial charge in [-0.1, -0.05) is 17.3 Å². The first-order valence-corrected chi connectivity index (χ1v) is 9.30. The van der Waals surface area contributed by atoms with Gasteiger partial charge in [0.1, 0.15) is 5.82 Å². The predicted octanol–water partition coefficient (Wildman–Crippen LogP) is 4.45. The van der Waals surface area contributed by atoms with Crippen molar-refractivity contribution in [3.8, 4) is 5.69 Å². The summed E-state index contributed by atoms with van der Waals surface area (Å²) >= 11 is 0. The second-order valence-corrected chi connectivity index (χ2v) is 7.11. The van der Waals surface area contributed by atoms with Crippen molar-refractivity contribution >= 4 is 16.8 Å². The van der Waals surface area contributed by atoms with Gasteiger partial charge in [-0.15, -0.1) is 5.10 Å². The molecule has 10 heteroatoms. The fourth-order valence-electron chi connectivity index (χ4n) is 3.36. The SMILES string of the molecule is Cc1[nH]c2ccc(CNC(=O)c3nnn(-c4cccc(F)c4)c3C(F)(F)F)cc2c1C. The van der Waals surface area contributed by atoms with E-state index in [0.717, 1.165) is 34.3 Å². The summed E-state index contributed by atoms with van der Waals surface area (Å²) in [6, 6.07) is 9.93. The number of carbonyl (C=O) groups is 1. The van der Waals surface area contributed by atoms with Crippen LogP contribution >= 0.6 is 0 Å². The van der Waals surface area contributed by atoms with Gasteiger partial charge in [-0.2, -0.15) is 13.2 Å². The fourth-order valence-corrected chi connectivity index (χ4v) is 3.36. The Labute approximate surface area is 173 Å². The van der Waals surface area contributed by atoms with Crippen LogP contribution in [0.25, 0.3) is 16.6 Å². The zero-order valence-corrected chi connectivity index (χ0v) is 16.5. The molecule has 1 amide bonds. The van der Waals surface area contributed by atoms with Gasteiger partial charge in [-0.05, 0) is 55.3 Å². The normalized spacial score (nSPS) is 11.8. The van der Waals surface area contributed by atoms with E-state index in [1.54, 1.807) is 6.07 Å². The maximum Gasteiger partial charge on any atom is 0.435 e. The van der Waals surface area contributed by atoms with Crippen LogP contribution < -0.4 is 5.32 Å². The number of aromatic amines is 1. The Morgan fingerprint density at radius 3 is 2.65 bits per heavy atom. The number of carbonyl (C=O) groups excluding carboxylic acids is 1. The van der Waals surface area contributed by atoms with Gasteiger partial charge in [0.05, 0.1) is 5.69 Å². The number of aryl methyl sites for hydroxylation is 2. The Balaban J connectivity index is 1.62. The highest BCUT2D eigenvalue weighted by atomic mass is 19.4. The summed E-state index contributed by atoms with van der Waals surface area (Å²) in [4.78, 5) is 15.8. The number of H-pyrrole nitrogens is 1. The Kier molecular flexibility index (Phi) is 5.00. The van der Waals surface area contributed by atoms with Crippen molar-refractivity contribution in [2.45, 2.75) is 26.6 Å². The summed E-state index contributed by atoms with van der Waals surface area (Å²) in [5, 5.41) is 10.3. The summed E-state index contributed by atoms with van der Waals surface area (Å²) in [7, 11) is 0. The summed E-state index contributed by atoms with van der Waals surface area (Å²) in [6.07, 6.45) is -4.93. The smallest absolute Gasteiger partial charge is 0.358 e. The summed E-state index contributed by atoms with van der Waals surface area (Å²) in [5.41, 5.74) is 1.27. The van der Waals surface area contributed by atoms with Crippen molar-refractivity contribution in [3.63, 3.8) is 0 Å². The minimum atomic E-state index is -4.93. The number of amides is 1. The van der Waals surface area contributed by atoms with Crippen molar-refractivity contribution < 1.29 is 22.4 Å². The minimum absolute atomic E-state index is 0.00254. The van der Waals surface area contributed by atoms with Gasteiger partial charge in [0.25, 0.3) is 5.91 Å². The molecule has 2 aromatic heterocycles. The van der Waals surface area contributed by atoms with Crippen molar-refractivity contribution in [1.29, 1.82) is 0 Å². The molecule has 160 valence electrons. The number of fused-ring (bicyclic) bond motifs is 1. The Morgan fingerprint density at radius 2 is 1.94 bits per heavy atom. The number of hydrogen-bond donors (Lipinski definition) is 2. The van der Waals surface area contributed by atoms with E-state index in [1.807, 2.05) is 26.0 Å². The van der Waals surface area contributed by atoms with E-state index in [0.29, 0.717) is 10.2 Å². The van der Waals surface area contributed by atoms with Gasteiger partial charge < -0.3 is 10.3 Å². The molecule has 2 heterocycles. The zero-order valence-electron chi connectivity index (χ0n) is 16.5. The maximum atomic E-state index is 13.7. The van der Waals surface area contributed by atoms with Crippen molar-refractivity contribution in [3.05, 3.63) is 76.5 Å². The van der Waals surface area contributed by atoms with Crippen LogP contribution in [0.4, 0.5) is 17.6 Å². The fraction of sp³-hybridized carbons (Fsp3) is 0.190. The lowest BCUT2D eigenvalue weighted by Crippen LogP contribution is -2.27. The Morgan fingerprint density at radius 1 is 1.16 bits per heavy atom. The molecule has 4 rings (SSSR count). The van der Waals surface area contributed by atoms with Crippen LogP contribution in [0.3, 0.4) is 0 Å². The third-order valence-electron chi connectivity index (χ3n) is 5.03. The number of nitrogens with one attached hydrogen (secondary N) is 2. The van der Waals surface area contributed by atoms with Crippen LogP contribution in [0.15, 0.2) is 42.5 Å². The minimum Gasteiger partial charge on any atom is -0.358 e. The van der Waals surface area contributed by atoms with E-state index < -0.39 is 29.3 Å². The lowest BCUT2D eigenvalue weighted by atomic mass is 10.1. The van der Waals surface area contributed by atoms with E-state index in [2.05, 4.69) is 20.6 Å². The summed E-state index contributed by atoms with van der Waals surface area (Å²) in [5.74, 6) is -1.77. The first-order valence-electron chi connectivity index (χ1n) is 9.30. The number of alkyl halides is 3. The molecule has 2 aromatic carbocycles. The highest BCUT2D eigenvalue weighted by Gasteiger charge is 2.42. The van der Waals surface area contributed by atoms with Crippen LogP contribution in [0.2, 0.25) is 0 Å². The highest BCUT2D eigenvalue weighted by molar-refractivity contribution is 5.93. The van der Waals surface area contributed by atoms with E-state index in [1.165, 1.54) is 12.1 Å². The van der Waals surface area contributed by atoms with Gasteiger partial charge in [0.15, 0.2) is 11.4 Å². The van der Waals surface area contributed by atoms with Gasteiger partial charge in [-0.25, -0.2) is 9.07 Å². The molecule has 0 aliphatic carbocycles. The molecule has 0 bridgehead atoms. The molecule has 0 aliphatic heterocycles. The van der Waals surface area contributed by atoms with E-state index >= 15 is 0 Å². The van der Waals surface area contributed by atoms with E-state index in [4.69, 9.17) is 0 Å². The standard InChI is InChI=1S/C21H17F4N5O/c1-11-12(2)27-17-7-6-13(8-16(11)17)10-26-20(31)18-19(21(23,24)25)30(29-28-18)15-5-3-4-14(22)9-15/h3-9,27H,10H2,1-2H3,(H,26,31). The molecule has 0 radical (unpaired) electrons. The van der Waals surface area contributed by atoms with E-state index in [9.17, 15) is 22.4 Å². The van der Waals surface area contributed by atoms with Crippen molar-refractivity contribution in [2.75, 3.05) is 0 Å². The van der Waals surface area contributed by atoms with Crippen molar-refractivity contribution in [2.24, 2.45) is 0 Å². The monoisotopic (exact) mass is 431 g/mol. The molecule has 2 N–H and O–H groups in total. The second kappa shape index (κ2) is 7.53. The van der Waals surface area contributed by atoms with E-state index in [-0.39, 0.29) is 12.2 Å². The third-order valence-corrected chi connectivity index (χ3v) is 5.03. The van der Waals surface area contributed by atoms with Gasteiger partial charge in [-0.3, -0.25) is 4.79 Å². The molecule has 0 atom stereocenters. The molecule has 0 unspecified atom stereocenters. The van der Waals surface area contributed by atoms with Crippen LogP contribution in [0.5, 0.6) is 0 Å². The molecule has 4 aromatic rings. The van der Waals surface area contributed by atoms with Crippen LogP contribution in [-0.2, 0) is 12.7 Å². The molecule has 0 fully saturated rings. The number of nitrogens with zero attached hydrogens (tertiary/aromatic N) is 3. The molecule has 0 saturated heterocycles. The first kappa shape index (κ1) is 20.6. The van der Waals surface area contributed by atoms with Crippen molar-refractivity contribution in [1.82, 2.24) is 25.3 Å². The predicted molar refractivity (Wildman–Crippen MR) is 105 cm³/mol. The van der Waals surface area contributed by atoms with Crippen LogP contribution in [0.1, 0.15) is 33.0 Å². The molecule has 0 saturated carbocycles. The average Bonchev–Trinajstić information content (AvgIpc) is 3.28. The summed E-state index contributed by atoms with van der Waals surface area (Å²) < 4.78 is 55.0. The topological polar surface area (TPSA) is 75.6 Å². The molecule has 0 spiro atoms. The van der Waals surface area contributed by atoms with Gasteiger partial charge in [0.2, 0.25) is 0 Å². The quantitative estimate of drug-likeness (QED) is 0.469. The highest BCUT2D eigenvalue weighted by Crippen LogP contribution is 2.33. The van der Waals surface area contributed by atoms with Gasteiger partial charge >= 0.3 is 6.18 Å². The molecular formula is C21H17F4N5O.